The summed E-state index contributed by atoms with van der Waals surface area (Å²) in [4.78, 5) is 10.7. The summed E-state index contributed by atoms with van der Waals surface area (Å²) in [5, 5.41) is 0. The summed E-state index contributed by atoms with van der Waals surface area (Å²) in [6.45, 7) is 4.03. The van der Waals surface area contributed by atoms with E-state index in [-0.39, 0.29) is 0 Å². The van der Waals surface area contributed by atoms with E-state index < -0.39 is 0 Å². The van der Waals surface area contributed by atoms with Crippen LogP contribution in [0.15, 0.2) is 0 Å². The van der Waals surface area contributed by atoms with Crippen LogP contribution in [-0.2, 0) is 0 Å². The molecule has 0 radical (unpaired) electrons. The Labute approximate surface area is 90.5 Å². The Morgan fingerprint density at radius 1 is 1.27 bits per heavy atom. The van der Waals surface area contributed by atoms with Crippen molar-refractivity contribution in [1.82, 2.24) is 9.97 Å². The van der Waals surface area contributed by atoms with Crippen LogP contribution >= 0.6 is 0 Å². The van der Waals surface area contributed by atoms with Crippen molar-refractivity contribution < 1.29 is 0 Å². The Balaban J connectivity index is 2.33. The van der Waals surface area contributed by atoms with Crippen LogP contribution < -0.4 is 10.6 Å². The van der Waals surface area contributed by atoms with Crippen molar-refractivity contribution in [3.63, 3.8) is 0 Å². The Hall–Kier alpha value is -1.32. The second-order valence-corrected chi connectivity index (χ2v) is 4.31. The highest BCUT2D eigenvalue weighted by atomic mass is 15.2. The molecule has 0 amide bonds. The summed E-state index contributed by atoms with van der Waals surface area (Å²) in [5.41, 5.74) is 7.79. The summed E-state index contributed by atoms with van der Waals surface area (Å²) in [6.07, 6.45) is 3.85. The number of aromatic nitrogens is 2. The molecule has 0 atom stereocenters. The van der Waals surface area contributed by atoms with Crippen molar-refractivity contribution in [1.29, 1.82) is 0 Å². The highest BCUT2D eigenvalue weighted by Gasteiger charge is 2.24. The number of aryl methyl sites for hydroxylation is 1. The van der Waals surface area contributed by atoms with Crippen LogP contribution in [0.5, 0.6) is 0 Å². The maximum Gasteiger partial charge on any atom is 0.222 e. The highest BCUT2D eigenvalue weighted by Crippen LogP contribution is 2.29. The van der Waals surface area contributed by atoms with E-state index in [0.717, 1.165) is 17.1 Å². The van der Waals surface area contributed by atoms with Crippen molar-refractivity contribution in [3.05, 3.63) is 11.3 Å². The summed E-state index contributed by atoms with van der Waals surface area (Å²) in [5.74, 6) is 1.36. The van der Waals surface area contributed by atoms with E-state index in [1.54, 1.807) is 0 Å². The number of nitrogens with zero attached hydrogens (tertiary/aromatic N) is 3. The molecule has 82 valence electrons. The lowest BCUT2D eigenvalue weighted by atomic mass is 9.91. The summed E-state index contributed by atoms with van der Waals surface area (Å²) >= 11 is 0. The van der Waals surface area contributed by atoms with E-state index in [1.165, 1.54) is 19.3 Å². The van der Waals surface area contributed by atoms with Gasteiger partial charge in [-0.2, -0.15) is 4.98 Å². The minimum atomic E-state index is 0.374. The third-order valence-electron chi connectivity index (χ3n) is 3.34. The second-order valence-electron chi connectivity index (χ2n) is 4.31. The molecule has 1 heterocycles. The average molecular weight is 206 g/mol. The van der Waals surface area contributed by atoms with Gasteiger partial charge in [-0.3, -0.25) is 0 Å². The van der Waals surface area contributed by atoms with Gasteiger partial charge in [-0.15, -0.1) is 0 Å². The van der Waals surface area contributed by atoms with E-state index in [2.05, 4.69) is 28.8 Å². The van der Waals surface area contributed by atoms with Gasteiger partial charge in [0.1, 0.15) is 5.82 Å². The largest absolute Gasteiger partial charge is 0.368 e. The van der Waals surface area contributed by atoms with E-state index in [1.807, 2.05) is 6.92 Å². The minimum Gasteiger partial charge on any atom is -0.368 e. The number of hydrogen-bond acceptors (Lipinski definition) is 4. The average Bonchev–Trinajstić information content (AvgIpc) is 2.08. The molecule has 15 heavy (non-hydrogen) atoms. The number of hydrogen-bond donors (Lipinski definition) is 1. The molecule has 4 nitrogen and oxygen atoms in total. The van der Waals surface area contributed by atoms with Gasteiger partial charge in [0.05, 0.1) is 0 Å². The van der Waals surface area contributed by atoms with Crippen molar-refractivity contribution in [2.24, 2.45) is 0 Å². The molecule has 1 aromatic rings. The molecule has 0 aliphatic heterocycles. The molecular formula is C11H18N4. The van der Waals surface area contributed by atoms with Crippen LogP contribution in [0.25, 0.3) is 0 Å². The quantitative estimate of drug-likeness (QED) is 0.799. The molecule has 0 bridgehead atoms. The zero-order chi connectivity index (χ0) is 11.0. The van der Waals surface area contributed by atoms with Gasteiger partial charge in [0.15, 0.2) is 0 Å². The third-order valence-corrected chi connectivity index (χ3v) is 3.34. The smallest absolute Gasteiger partial charge is 0.222 e. The first kappa shape index (κ1) is 10.2. The van der Waals surface area contributed by atoms with Gasteiger partial charge < -0.3 is 10.6 Å². The molecule has 0 saturated heterocycles. The van der Waals surface area contributed by atoms with Crippen LogP contribution in [0.1, 0.15) is 30.5 Å². The Bertz CT molecular complexity index is 371. The van der Waals surface area contributed by atoms with Gasteiger partial charge in [-0.05, 0) is 33.1 Å². The molecule has 2 N–H and O–H groups in total. The maximum absolute atomic E-state index is 5.68. The fraction of sp³-hybridized carbons (Fsp3) is 0.636. The van der Waals surface area contributed by atoms with Crippen LogP contribution in [0.2, 0.25) is 0 Å². The van der Waals surface area contributed by atoms with Crippen molar-refractivity contribution in [3.8, 4) is 0 Å². The lowest BCUT2D eigenvalue weighted by Gasteiger charge is -2.36. The van der Waals surface area contributed by atoms with Crippen molar-refractivity contribution >= 4 is 11.8 Å². The van der Waals surface area contributed by atoms with Gasteiger partial charge in [0.25, 0.3) is 0 Å². The molecule has 4 heteroatoms. The van der Waals surface area contributed by atoms with Gasteiger partial charge in [0.2, 0.25) is 5.95 Å². The maximum atomic E-state index is 5.68. The van der Waals surface area contributed by atoms with Crippen molar-refractivity contribution in [2.75, 3.05) is 17.7 Å². The third kappa shape index (κ3) is 1.76. The van der Waals surface area contributed by atoms with Crippen molar-refractivity contribution in [2.45, 2.75) is 39.2 Å². The van der Waals surface area contributed by atoms with Crippen LogP contribution in [-0.4, -0.2) is 23.1 Å². The molecule has 1 fully saturated rings. The summed E-state index contributed by atoms with van der Waals surface area (Å²) in [6, 6.07) is 0.636. The predicted octanol–water partition coefficient (Wildman–Crippen LogP) is 1.66. The van der Waals surface area contributed by atoms with Crippen LogP contribution in [0.4, 0.5) is 11.8 Å². The molecule has 1 aromatic heterocycles. The number of nitrogen functional groups attached to an aromatic ring is 1. The highest BCUT2D eigenvalue weighted by molar-refractivity contribution is 5.51. The molecule has 1 saturated carbocycles. The zero-order valence-electron chi connectivity index (χ0n) is 9.62. The number of nitrogens with two attached hydrogens (primary N) is 1. The molecular weight excluding hydrogens is 188 g/mol. The molecule has 0 spiro atoms. The van der Waals surface area contributed by atoms with Crippen LogP contribution in [0, 0.1) is 13.8 Å². The minimum absolute atomic E-state index is 0.374. The first-order chi connectivity index (χ1) is 7.09. The van der Waals surface area contributed by atoms with Gasteiger partial charge >= 0.3 is 0 Å². The molecule has 0 unspecified atom stereocenters. The fourth-order valence-electron chi connectivity index (χ4n) is 1.93. The second kappa shape index (κ2) is 3.68. The van der Waals surface area contributed by atoms with E-state index >= 15 is 0 Å². The molecule has 2 rings (SSSR count). The Kier molecular flexibility index (Phi) is 2.50. The first-order valence-electron chi connectivity index (χ1n) is 5.43. The van der Waals surface area contributed by atoms with Gasteiger partial charge in [-0.1, -0.05) is 0 Å². The lowest BCUT2D eigenvalue weighted by Crippen LogP contribution is -2.38. The predicted molar refractivity (Wildman–Crippen MR) is 62.0 cm³/mol. The Morgan fingerprint density at radius 2 is 1.93 bits per heavy atom. The topological polar surface area (TPSA) is 55.0 Å². The standard InChI is InChI=1S/C11H18N4/c1-7-8(2)13-11(12)14-10(7)15(3)9-5-4-6-9/h9H,4-6H2,1-3H3,(H2,12,13,14). The van der Waals surface area contributed by atoms with Gasteiger partial charge in [-0.25, -0.2) is 4.98 Å². The Morgan fingerprint density at radius 3 is 2.47 bits per heavy atom. The van der Waals surface area contributed by atoms with Crippen LogP contribution in [0.3, 0.4) is 0 Å². The molecule has 1 aliphatic rings. The van der Waals surface area contributed by atoms with E-state index in [0.29, 0.717) is 12.0 Å². The van der Waals surface area contributed by atoms with E-state index in [9.17, 15) is 0 Å². The number of anilines is 2. The fourth-order valence-corrected chi connectivity index (χ4v) is 1.93. The number of rotatable bonds is 2. The van der Waals surface area contributed by atoms with E-state index in [4.69, 9.17) is 5.73 Å². The first-order valence-corrected chi connectivity index (χ1v) is 5.43. The monoisotopic (exact) mass is 206 g/mol. The summed E-state index contributed by atoms with van der Waals surface area (Å²) < 4.78 is 0. The zero-order valence-corrected chi connectivity index (χ0v) is 9.62. The van der Waals surface area contributed by atoms with Gasteiger partial charge in [0, 0.05) is 24.3 Å². The lowest BCUT2D eigenvalue weighted by molar-refractivity contribution is 0.399. The molecule has 0 aromatic carbocycles. The normalized spacial score (nSPS) is 16.2. The SMILES string of the molecule is Cc1nc(N)nc(N(C)C2CCC2)c1C. The molecule has 1 aliphatic carbocycles. The summed E-state index contributed by atoms with van der Waals surface area (Å²) in [7, 11) is 2.10.